The Kier molecular flexibility index (Phi) is 2.01. The summed E-state index contributed by atoms with van der Waals surface area (Å²) >= 11 is 0. The molecule has 1 aromatic heterocycles. The van der Waals surface area contributed by atoms with E-state index in [9.17, 15) is 8.22 Å². The van der Waals surface area contributed by atoms with Gasteiger partial charge in [-0.25, -0.2) is 0 Å². The molecule has 0 aliphatic carbocycles. The molecule has 8 aromatic rings. The highest BCUT2D eigenvalue weighted by Crippen LogP contribution is 2.45. The number of hydrogen-bond donors (Lipinski definition) is 0. The number of hydrogen-bond acceptors (Lipinski definition) is 1. The summed E-state index contributed by atoms with van der Waals surface area (Å²) in [5.74, 6) is 0. The molecule has 1 heteroatoms. The second kappa shape index (κ2) is 7.81. The molecule has 172 valence electrons. The number of furan rings is 1. The van der Waals surface area contributed by atoms with Crippen LogP contribution in [0.1, 0.15) is 24.7 Å². The van der Waals surface area contributed by atoms with E-state index in [2.05, 4.69) is 0 Å². The van der Waals surface area contributed by atoms with E-state index in [1.54, 1.807) is 24.3 Å². The molecule has 0 saturated carbocycles. The Hall–Kier alpha value is -4.88. The van der Waals surface area contributed by atoms with Crippen molar-refractivity contribution >= 4 is 54.3 Å². The van der Waals surface area contributed by atoms with Gasteiger partial charge in [-0.2, -0.15) is 0 Å². The fraction of sp³-hybridized carbons (Fsp3) is 0. The van der Waals surface area contributed by atoms with Crippen molar-refractivity contribution in [3.8, 4) is 22.3 Å². The SMILES string of the molecule is [2H]c1c([2H])c([2H])c2c(-c3c4c([2H])c([2H])c([2H])c([2H])c4c(-c4c([2H])c([2H])c5c(oc6ccccc65)c4[2H])c4c([2H])c([2H])c([2H])c([2H])c34)c([2H])c([2H])c([2H])c2c1[2H]. The standard InChI is InChI=1S/C36H22O/c1-2-12-25-23(10-1)11-9-18-28(25)36-31-16-5-3-14-29(31)35(30-15-4-6-17-32(30)36)24-20-21-27-26-13-7-8-19-33(26)37-34(27)22-24/h1-22H/i1D,2D,3D,4D,5D,6D,9D,10D,11D,12D,14D,15D,16D,17D,18D,20D,21D,22D. The Morgan fingerprint density at radius 3 is 1.84 bits per heavy atom. The zero-order valence-corrected chi connectivity index (χ0v) is 18.7. The van der Waals surface area contributed by atoms with Crippen LogP contribution in [-0.4, -0.2) is 0 Å². The van der Waals surface area contributed by atoms with Crippen LogP contribution in [0.15, 0.2) is 137 Å². The maximum atomic E-state index is 9.40. The van der Waals surface area contributed by atoms with Gasteiger partial charge >= 0.3 is 0 Å². The van der Waals surface area contributed by atoms with Crippen LogP contribution in [0.5, 0.6) is 0 Å². The second-order valence-electron chi connectivity index (χ2n) is 8.30. The third kappa shape index (κ3) is 2.98. The lowest BCUT2D eigenvalue weighted by molar-refractivity contribution is 0.669. The molecule has 0 aliphatic rings. The van der Waals surface area contributed by atoms with Crippen LogP contribution in [0.2, 0.25) is 0 Å². The lowest BCUT2D eigenvalue weighted by atomic mass is 9.84. The van der Waals surface area contributed by atoms with Gasteiger partial charge in [-0.15, -0.1) is 0 Å². The van der Waals surface area contributed by atoms with Crippen LogP contribution < -0.4 is 0 Å². The van der Waals surface area contributed by atoms with Crippen LogP contribution in [0.3, 0.4) is 0 Å². The molecule has 0 saturated heterocycles. The van der Waals surface area contributed by atoms with E-state index in [1.165, 1.54) is 0 Å². The highest BCUT2D eigenvalue weighted by Gasteiger charge is 2.18. The van der Waals surface area contributed by atoms with E-state index in [-0.39, 0.29) is 16.6 Å². The number of rotatable bonds is 2. The van der Waals surface area contributed by atoms with E-state index in [0.29, 0.717) is 5.39 Å². The van der Waals surface area contributed by atoms with Gasteiger partial charge in [-0.1, -0.05) is 115 Å². The fourth-order valence-corrected chi connectivity index (χ4v) is 4.78. The van der Waals surface area contributed by atoms with Gasteiger partial charge in [0.15, 0.2) is 0 Å². The van der Waals surface area contributed by atoms with Crippen molar-refractivity contribution in [2.75, 3.05) is 0 Å². The molecule has 0 N–H and O–H groups in total. The topological polar surface area (TPSA) is 13.1 Å². The highest BCUT2D eigenvalue weighted by atomic mass is 16.3. The van der Waals surface area contributed by atoms with Crippen molar-refractivity contribution in [3.05, 3.63) is 133 Å². The maximum Gasteiger partial charge on any atom is 0.136 e. The highest BCUT2D eigenvalue weighted by molar-refractivity contribution is 6.24. The molecular weight excluding hydrogens is 448 g/mol. The Morgan fingerprint density at radius 2 is 1.08 bits per heavy atom. The third-order valence-corrected chi connectivity index (χ3v) is 6.33. The van der Waals surface area contributed by atoms with Crippen LogP contribution in [0, 0.1) is 0 Å². The smallest absolute Gasteiger partial charge is 0.136 e. The molecular formula is C36H22O. The van der Waals surface area contributed by atoms with Crippen molar-refractivity contribution in [2.45, 2.75) is 0 Å². The summed E-state index contributed by atoms with van der Waals surface area (Å²) in [6, 6.07) is -7.10. The number of fused-ring (bicyclic) bond motifs is 6. The lowest BCUT2D eigenvalue weighted by Gasteiger charge is -2.18. The molecule has 0 atom stereocenters. The number of para-hydroxylation sites is 1. The average Bonchev–Trinajstić information content (AvgIpc) is 3.57. The van der Waals surface area contributed by atoms with E-state index in [0.717, 1.165) is 0 Å². The second-order valence-corrected chi connectivity index (χ2v) is 8.30. The number of benzene rings is 7. The van der Waals surface area contributed by atoms with Crippen LogP contribution in [-0.2, 0) is 0 Å². The van der Waals surface area contributed by atoms with Crippen molar-refractivity contribution in [3.63, 3.8) is 0 Å². The van der Waals surface area contributed by atoms with E-state index in [4.69, 9.17) is 20.9 Å². The largest absolute Gasteiger partial charge is 0.456 e. The monoisotopic (exact) mass is 488 g/mol. The summed E-state index contributed by atoms with van der Waals surface area (Å²) in [6.07, 6.45) is 0. The van der Waals surface area contributed by atoms with Crippen molar-refractivity contribution in [1.82, 2.24) is 0 Å². The predicted octanol–water partition coefficient (Wildman–Crippen LogP) is 10.4. The molecule has 1 heterocycles. The first-order chi connectivity index (χ1) is 25.9. The maximum absolute atomic E-state index is 9.40. The zero-order chi connectivity index (χ0) is 40.0. The molecule has 8 rings (SSSR count). The average molecular weight is 489 g/mol. The van der Waals surface area contributed by atoms with Crippen molar-refractivity contribution in [2.24, 2.45) is 0 Å². The van der Waals surface area contributed by atoms with Gasteiger partial charge in [0.05, 0.1) is 24.7 Å². The molecule has 0 fully saturated rings. The normalized spacial score (nSPS) is 18.6. The van der Waals surface area contributed by atoms with Gasteiger partial charge in [0, 0.05) is 10.8 Å². The Labute approximate surface area is 239 Å². The van der Waals surface area contributed by atoms with Gasteiger partial charge in [0.1, 0.15) is 11.2 Å². The third-order valence-electron chi connectivity index (χ3n) is 6.33. The van der Waals surface area contributed by atoms with Gasteiger partial charge in [-0.05, 0) is 72.7 Å². The molecule has 1 nitrogen and oxygen atoms in total. The molecule has 0 aliphatic heterocycles. The molecule has 7 aromatic carbocycles. The first kappa shape index (κ1) is 9.53. The predicted molar refractivity (Wildman–Crippen MR) is 157 cm³/mol. The molecule has 37 heavy (non-hydrogen) atoms. The fourth-order valence-electron chi connectivity index (χ4n) is 4.78. The molecule has 0 spiro atoms. The quantitative estimate of drug-likeness (QED) is 0.221. The first-order valence-corrected chi connectivity index (χ1v) is 11.2. The summed E-state index contributed by atoms with van der Waals surface area (Å²) in [7, 11) is 0. The molecule has 0 radical (unpaired) electrons. The molecule has 0 amide bonds. The molecule has 0 unspecified atom stereocenters. The summed E-state index contributed by atoms with van der Waals surface area (Å²) < 4.78 is 166. The van der Waals surface area contributed by atoms with Gasteiger partial charge in [-0.3, -0.25) is 0 Å². The van der Waals surface area contributed by atoms with Gasteiger partial charge in [0.2, 0.25) is 0 Å². The summed E-state index contributed by atoms with van der Waals surface area (Å²) in [5, 5.41) is -2.54. The Morgan fingerprint density at radius 1 is 0.459 bits per heavy atom. The summed E-state index contributed by atoms with van der Waals surface area (Å²) in [5.41, 5.74) is -1.90. The van der Waals surface area contributed by atoms with Crippen LogP contribution >= 0.6 is 0 Å². The van der Waals surface area contributed by atoms with Gasteiger partial charge < -0.3 is 4.42 Å². The van der Waals surface area contributed by atoms with Crippen molar-refractivity contribution < 1.29 is 29.1 Å². The van der Waals surface area contributed by atoms with E-state index >= 15 is 0 Å². The van der Waals surface area contributed by atoms with Crippen LogP contribution in [0.4, 0.5) is 0 Å². The Balaban J connectivity index is 1.78. The van der Waals surface area contributed by atoms with Gasteiger partial charge in [0.25, 0.3) is 0 Å². The minimum absolute atomic E-state index is 0.0984. The zero-order valence-electron chi connectivity index (χ0n) is 36.7. The van der Waals surface area contributed by atoms with Crippen LogP contribution in [0.25, 0.3) is 76.5 Å². The lowest BCUT2D eigenvalue weighted by Crippen LogP contribution is -1.91. The minimum Gasteiger partial charge on any atom is -0.456 e. The first-order valence-electron chi connectivity index (χ1n) is 20.2. The van der Waals surface area contributed by atoms with E-state index in [1.807, 2.05) is 0 Å². The Bertz CT molecular complexity index is 3040. The minimum atomic E-state index is -0.837. The van der Waals surface area contributed by atoms with Crippen molar-refractivity contribution in [1.29, 1.82) is 0 Å². The summed E-state index contributed by atoms with van der Waals surface area (Å²) in [6.45, 7) is 0. The summed E-state index contributed by atoms with van der Waals surface area (Å²) in [4.78, 5) is 0. The van der Waals surface area contributed by atoms with E-state index < -0.39 is 163 Å². The molecule has 0 bridgehead atoms.